The van der Waals surface area contributed by atoms with Gasteiger partial charge in [-0.25, -0.2) is 21.9 Å². The van der Waals surface area contributed by atoms with Gasteiger partial charge >= 0.3 is 0 Å². The quantitative estimate of drug-likeness (QED) is 0.311. The molecule has 2 N–H and O–H groups in total. The van der Waals surface area contributed by atoms with Crippen LogP contribution in [0.1, 0.15) is 30.4 Å². The van der Waals surface area contributed by atoms with Gasteiger partial charge < -0.3 is 10.1 Å². The van der Waals surface area contributed by atoms with Gasteiger partial charge in [-0.3, -0.25) is 4.79 Å². The molecule has 0 heterocycles. The third-order valence-corrected chi connectivity index (χ3v) is 6.74. The van der Waals surface area contributed by atoms with Crippen molar-refractivity contribution in [3.63, 3.8) is 0 Å². The van der Waals surface area contributed by atoms with Crippen molar-refractivity contribution in [3.8, 4) is 5.75 Å². The predicted molar refractivity (Wildman–Crippen MR) is 134 cm³/mol. The minimum absolute atomic E-state index is 0.0899. The Morgan fingerprint density at radius 1 is 0.806 bits per heavy atom. The van der Waals surface area contributed by atoms with Crippen molar-refractivity contribution in [3.05, 3.63) is 95.6 Å². The first kappa shape index (κ1) is 27.3. The second-order valence-corrected chi connectivity index (χ2v) is 10.0. The number of hydrogen-bond donors (Lipinski definition) is 2. The summed E-state index contributed by atoms with van der Waals surface area (Å²) in [5.74, 6) is -1.99. The first-order chi connectivity index (χ1) is 17.3. The molecule has 3 aromatic rings. The molecule has 36 heavy (non-hydrogen) atoms. The number of sulfonamides is 1. The number of nitrogens with one attached hydrogen (secondary N) is 2. The number of benzene rings is 3. The maximum absolute atomic E-state index is 13.2. The summed E-state index contributed by atoms with van der Waals surface area (Å²) in [5.41, 5.74) is 2.47. The van der Waals surface area contributed by atoms with Gasteiger partial charge in [0.25, 0.3) is 10.0 Å². The van der Waals surface area contributed by atoms with Gasteiger partial charge in [0.05, 0.1) is 11.5 Å². The fourth-order valence-corrected chi connectivity index (χ4v) is 4.61. The molecule has 0 radical (unpaired) electrons. The number of carbonyl (C=O) groups excluding carboxylic acids is 1. The molecule has 3 aromatic carbocycles. The lowest BCUT2D eigenvalue weighted by molar-refractivity contribution is -0.119. The zero-order valence-electron chi connectivity index (χ0n) is 19.9. The highest BCUT2D eigenvalue weighted by Crippen LogP contribution is 2.15. The lowest BCUT2D eigenvalue weighted by Gasteiger charge is -2.09. The second kappa shape index (κ2) is 13.7. The zero-order chi connectivity index (χ0) is 25.8. The maximum atomic E-state index is 13.2. The molecule has 0 aliphatic carbocycles. The summed E-state index contributed by atoms with van der Waals surface area (Å²) >= 11 is 0. The molecule has 192 valence electrons. The third kappa shape index (κ3) is 9.39. The molecule has 0 atom stereocenters. The first-order valence-electron chi connectivity index (χ1n) is 11.8. The van der Waals surface area contributed by atoms with Crippen LogP contribution in [-0.4, -0.2) is 34.0 Å². The van der Waals surface area contributed by atoms with Gasteiger partial charge in [0.2, 0.25) is 5.91 Å². The summed E-state index contributed by atoms with van der Waals surface area (Å²) in [6, 6.07) is 20.1. The molecule has 6 nitrogen and oxygen atoms in total. The van der Waals surface area contributed by atoms with E-state index in [0.717, 1.165) is 31.4 Å². The van der Waals surface area contributed by atoms with E-state index in [0.29, 0.717) is 31.4 Å². The van der Waals surface area contributed by atoms with Crippen molar-refractivity contribution in [1.82, 2.24) is 10.0 Å². The molecule has 0 saturated carbocycles. The number of ether oxygens (including phenoxy) is 1. The number of hydrogen-bond acceptors (Lipinski definition) is 5. The first-order valence-corrected chi connectivity index (χ1v) is 13.3. The highest BCUT2D eigenvalue weighted by molar-refractivity contribution is 7.90. The fourth-order valence-electron chi connectivity index (χ4n) is 3.55. The fraction of sp³-hybridized carbons (Fsp3) is 0.296. The van der Waals surface area contributed by atoms with Crippen LogP contribution in [0.5, 0.6) is 5.75 Å². The Labute approximate surface area is 210 Å². The van der Waals surface area contributed by atoms with Crippen molar-refractivity contribution in [2.45, 2.75) is 37.0 Å². The summed E-state index contributed by atoms with van der Waals surface area (Å²) in [6.45, 7) is 1.58. The molecular weight excluding hydrogens is 486 g/mol. The van der Waals surface area contributed by atoms with Crippen LogP contribution in [0.4, 0.5) is 8.78 Å². The van der Waals surface area contributed by atoms with E-state index in [1.165, 1.54) is 11.1 Å². The van der Waals surface area contributed by atoms with Crippen LogP contribution in [0, 0.1) is 11.6 Å². The van der Waals surface area contributed by atoms with Gasteiger partial charge in [-0.1, -0.05) is 42.5 Å². The molecule has 0 aliphatic heterocycles. The zero-order valence-corrected chi connectivity index (χ0v) is 20.7. The molecule has 1 amide bonds. The number of rotatable bonds is 14. The number of amides is 1. The van der Waals surface area contributed by atoms with Crippen LogP contribution in [0.3, 0.4) is 0 Å². The van der Waals surface area contributed by atoms with Gasteiger partial charge in [0.1, 0.15) is 17.4 Å². The number of aryl methyl sites for hydroxylation is 2. The highest BCUT2D eigenvalue weighted by Gasteiger charge is 2.19. The second-order valence-electron chi connectivity index (χ2n) is 8.32. The molecule has 9 heteroatoms. The Hall–Kier alpha value is -3.30. The van der Waals surface area contributed by atoms with Gasteiger partial charge in [0.15, 0.2) is 0 Å². The van der Waals surface area contributed by atoms with E-state index in [9.17, 15) is 22.0 Å². The molecule has 0 fully saturated rings. The van der Waals surface area contributed by atoms with Crippen molar-refractivity contribution in [1.29, 1.82) is 0 Å². The summed E-state index contributed by atoms with van der Waals surface area (Å²) in [6.07, 6.45) is 3.52. The third-order valence-electron chi connectivity index (χ3n) is 5.39. The number of carbonyl (C=O) groups is 1. The SMILES string of the molecule is O=C(CCNCCCc1ccc(OCCCc2ccccc2)cc1)NS(=O)(=O)c1cc(F)cc(F)c1. The smallest absolute Gasteiger partial charge is 0.264 e. The van der Waals surface area contributed by atoms with Crippen LogP contribution in [0.25, 0.3) is 0 Å². The minimum Gasteiger partial charge on any atom is -0.494 e. The highest BCUT2D eigenvalue weighted by atomic mass is 32.2. The molecule has 0 bridgehead atoms. The molecule has 0 aromatic heterocycles. The van der Waals surface area contributed by atoms with E-state index < -0.39 is 32.5 Å². The van der Waals surface area contributed by atoms with E-state index in [2.05, 4.69) is 17.4 Å². The summed E-state index contributed by atoms with van der Waals surface area (Å²) in [4.78, 5) is 11.3. The monoisotopic (exact) mass is 516 g/mol. The van der Waals surface area contributed by atoms with Gasteiger partial charge in [-0.15, -0.1) is 0 Å². The Balaban J connectivity index is 1.27. The summed E-state index contributed by atoms with van der Waals surface area (Å²) in [7, 11) is -4.33. The van der Waals surface area contributed by atoms with E-state index >= 15 is 0 Å². The molecule has 0 aliphatic rings. The Kier molecular flexibility index (Phi) is 10.4. The van der Waals surface area contributed by atoms with E-state index in [-0.39, 0.29) is 13.0 Å². The van der Waals surface area contributed by atoms with Crippen LogP contribution >= 0.6 is 0 Å². The Bertz CT molecular complexity index is 1200. The Morgan fingerprint density at radius 3 is 2.14 bits per heavy atom. The summed E-state index contributed by atoms with van der Waals surface area (Å²) in [5, 5.41) is 3.09. The molecular formula is C27H30F2N2O4S. The summed E-state index contributed by atoms with van der Waals surface area (Å²) < 4.78 is 58.3. The topological polar surface area (TPSA) is 84.5 Å². The molecule has 0 saturated heterocycles. The van der Waals surface area contributed by atoms with Crippen LogP contribution in [-0.2, 0) is 27.7 Å². The van der Waals surface area contributed by atoms with E-state index in [4.69, 9.17) is 4.74 Å². The van der Waals surface area contributed by atoms with E-state index in [1.54, 1.807) is 0 Å². The average Bonchev–Trinajstić information content (AvgIpc) is 2.84. The molecule has 3 rings (SSSR count). The largest absolute Gasteiger partial charge is 0.494 e. The maximum Gasteiger partial charge on any atom is 0.264 e. The normalized spacial score (nSPS) is 11.3. The van der Waals surface area contributed by atoms with Crippen LogP contribution in [0.15, 0.2) is 77.7 Å². The van der Waals surface area contributed by atoms with Crippen LogP contribution < -0.4 is 14.8 Å². The van der Waals surface area contributed by atoms with Gasteiger partial charge in [-0.05, 0) is 67.6 Å². The van der Waals surface area contributed by atoms with Gasteiger partial charge in [0, 0.05) is 19.0 Å². The molecule has 0 spiro atoms. The Morgan fingerprint density at radius 2 is 1.44 bits per heavy atom. The number of halogens is 2. The minimum atomic E-state index is -4.33. The lowest BCUT2D eigenvalue weighted by atomic mass is 10.1. The average molecular weight is 517 g/mol. The van der Waals surface area contributed by atoms with Gasteiger partial charge in [-0.2, -0.15) is 0 Å². The van der Waals surface area contributed by atoms with Crippen molar-refractivity contribution < 1.29 is 26.7 Å². The lowest BCUT2D eigenvalue weighted by Crippen LogP contribution is -2.33. The van der Waals surface area contributed by atoms with Crippen molar-refractivity contribution in [2.75, 3.05) is 19.7 Å². The molecule has 0 unspecified atom stereocenters. The standard InChI is InChI=1S/C27H30F2N2O4S/c28-23-18-24(29)20-26(19-23)36(33,34)31-27(32)14-16-30-15-4-8-22-10-12-25(13-11-22)35-17-5-9-21-6-2-1-3-7-21/h1-3,6-7,10-13,18-20,30H,4-5,8-9,14-17H2,(H,31,32). The predicted octanol–water partition coefficient (Wildman–Crippen LogP) is 4.39. The van der Waals surface area contributed by atoms with E-state index in [1.807, 2.05) is 47.2 Å². The van der Waals surface area contributed by atoms with Crippen molar-refractivity contribution in [2.24, 2.45) is 0 Å². The van der Waals surface area contributed by atoms with Crippen LogP contribution in [0.2, 0.25) is 0 Å². The van der Waals surface area contributed by atoms with Crippen molar-refractivity contribution >= 4 is 15.9 Å².